The number of hydrogen-bond donors (Lipinski definition) is 2. The first-order valence-corrected chi connectivity index (χ1v) is 6.74. The van der Waals surface area contributed by atoms with Gasteiger partial charge in [-0.1, -0.05) is 30.3 Å². The zero-order valence-electron chi connectivity index (χ0n) is 11.1. The molecule has 5 nitrogen and oxygen atoms in total. The van der Waals surface area contributed by atoms with E-state index in [0.29, 0.717) is 31.5 Å². The van der Waals surface area contributed by atoms with Crippen LogP contribution in [0.1, 0.15) is 37.1 Å². The molecule has 1 aliphatic rings. The Hall–Kier alpha value is -2.19. The van der Waals surface area contributed by atoms with E-state index in [4.69, 9.17) is 0 Å². The second-order valence-electron chi connectivity index (χ2n) is 5.43. The van der Waals surface area contributed by atoms with Crippen molar-refractivity contribution < 1.29 is 5.11 Å². The first kappa shape index (κ1) is 12.8. The smallest absolute Gasteiger partial charge is 0.156 e. The third-order valence-corrected chi connectivity index (χ3v) is 4.33. The molecule has 1 heterocycles. The average Bonchev–Trinajstić information content (AvgIpc) is 3.05. The summed E-state index contributed by atoms with van der Waals surface area (Å²) in [6.07, 6.45) is 3.64. The van der Waals surface area contributed by atoms with Crippen molar-refractivity contribution in [1.29, 1.82) is 5.26 Å². The zero-order valence-corrected chi connectivity index (χ0v) is 11.1. The van der Waals surface area contributed by atoms with Gasteiger partial charge in [-0.15, -0.1) is 0 Å². The number of rotatable bonds is 2. The van der Waals surface area contributed by atoms with E-state index in [1.807, 2.05) is 30.3 Å². The number of aliphatic hydroxyl groups is 1. The monoisotopic (exact) mass is 268 g/mol. The molecule has 0 unspecified atom stereocenters. The second-order valence-corrected chi connectivity index (χ2v) is 5.43. The third kappa shape index (κ3) is 1.98. The van der Waals surface area contributed by atoms with E-state index < -0.39 is 11.0 Å². The topological polar surface area (TPSA) is 85.6 Å². The molecular formula is C15H16N4O. The van der Waals surface area contributed by atoms with Crippen LogP contribution in [0.5, 0.6) is 0 Å². The predicted molar refractivity (Wildman–Crippen MR) is 72.5 cm³/mol. The standard InChI is InChI=1S/C15H16N4O/c16-10-14(12-4-2-1-3-5-12)6-8-15(20,9-7-14)13-17-11-18-19-13/h1-5,11,20H,6-9H2,(H,17,18,19)/t14-,15-. The molecule has 0 bridgehead atoms. The molecule has 1 aromatic heterocycles. The molecule has 0 atom stereocenters. The summed E-state index contributed by atoms with van der Waals surface area (Å²) >= 11 is 0. The van der Waals surface area contributed by atoms with Crippen molar-refractivity contribution in [2.24, 2.45) is 0 Å². The summed E-state index contributed by atoms with van der Waals surface area (Å²) in [5, 5.41) is 26.8. The Bertz CT molecular complexity index is 607. The average molecular weight is 268 g/mol. The Labute approximate surface area is 117 Å². The maximum Gasteiger partial charge on any atom is 0.156 e. The van der Waals surface area contributed by atoms with Gasteiger partial charge in [-0.25, -0.2) is 4.98 Å². The molecule has 1 fully saturated rings. The van der Waals surface area contributed by atoms with E-state index in [9.17, 15) is 10.4 Å². The van der Waals surface area contributed by atoms with E-state index in [2.05, 4.69) is 21.3 Å². The van der Waals surface area contributed by atoms with Crippen molar-refractivity contribution in [2.75, 3.05) is 0 Å². The highest BCUT2D eigenvalue weighted by atomic mass is 16.3. The van der Waals surface area contributed by atoms with E-state index in [1.165, 1.54) is 6.33 Å². The van der Waals surface area contributed by atoms with Crippen LogP contribution in [0.25, 0.3) is 0 Å². The van der Waals surface area contributed by atoms with Gasteiger partial charge in [0.15, 0.2) is 5.82 Å². The molecule has 1 aliphatic carbocycles. The first-order valence-electron chi connectivity index (χ1n) is 6.74. The number of nitrogens with zero attached hydrogens (tertiary/aromatic N) is 3. The molecule has 20 heavy (non-hydrogen) atoms. The molecule has 1 saturated carbocycles. The van der Waals surface area contributed by atoms with Crippen molar-refractivity contribution in [3.05, 3.63) is 48.0 Å². The fraction of sp³-hybridized carbons (Fsp3) is 0.400. The van der Waals surface area contributed by atoms with Crippen LogP contribution in [0.15, 0.2) is 36.7 Å². The van der Waals surface area contributed by atoms with Crippen molar-refractivity contribution in [2.45, 2.75) is 36.7 Å². The van der Waals surface area contributed by atoms with Gasteiger partial charge in [-0.2, -0.15) is 10.4 Å². The lowest BCUT2D eigenvalue weighted by Crippen LogP contribution is -2.39. The van der Waals surface area contributed by atoms with Crippen molar-refractivity contribution in [1.82, 2.24) is 15.2 Å². The largest absolute Gasteiger partial charge is 0.382 e. The highest BCUT2D eigenvalue weighted by Gasteiger charge is 2.45. The number of H-pyrrole nitrogens is 1. The molecule has 102 valence electrons. The summed E-state index contributed by atoms with van der Waals surface area (Å²) in [6.45, 7) is 0. The van der Waals surface area contributed by atoms with Gasteiger partial charge >= 0.3 is 0 Å². The molecule has 0 saturated heterocycles. The predicted octanol–water partition coefficient (Wildman–Crippen LogP) is 2.03. The zero-order chi connectivity index (χ0) is 14.1. The van der Waals surface area contributed by atoms with Gasteiger partial charge in [0.05, 0.1) is 11.5 Å². The molecule has 0 radical (unpaired) electrons. The third-order valence-electron chi connectivity index (χ3n) is 4.33. The normalized spacial score (nSPS) is 29.8. The van der Waals surface area contributed by atoms with Gasteiger partial charge in [0, 0.05) is 0 Å². The van der Waals surface area contributed by atoms with E-state index in [0.717, 1.165) is 5.56 Å². The highest BCUT2D eigenvalue weighted by molar-refractivity contribution is 5.33. The van der Waals surface area contributed by atoms with Crippen LogP contribution in [0, 0.1) is 11.3 Å². The minimum Gasteiger partial charge on any atom is -0.382 e. The minimum absolute atomic E-state index is 0.497. The van der Waals surface area contributed by atoms with Crippen LogP contribution in [-0.2, 0) is 11.0 Å². The maximum absolute atomic E-state index is 10.7. The molecule has 3 rings (SSSR count). The van der Waals surface area contributed by atoms with Crippen molar-refractivity contribution in [3.63, 3.8) is 0 Å². The molecule has 0 aliphatic heterocycles. The van der Waals surface area contributed by atoms with E-state index >= 15 is 0 Å². The van der Waals surface area contributed by atoms with Crippen LogP contribution in [0.4, 0.5) is 0 Å². The number of aromatic amines is 1. The van der Waals surface area contributed by atoms with Crippen LogP contribution >= 0.6 is 0 Å². The second kappa shape index (κ2) is 4.73. The Morgan fingerprint density at radius 3 is 2.40 bits per heavy atom. The fourth-order valence-corrected chi connectivity index (χ4v) is 2.98. The van der Waals surface area contributed by atoms with Gasteiger partial charge in [0.25, 0.3) is 0 Å². The van der Waals surface area contributed by atoms with Crippen LogP contribution in [0.3, 0.4) is 0 Å². The van der Waals surface area contributed by atoms with E-state index in [1.54, 1.807) is 0 Å². The van der Waals surface area contributed by atoms with Gasteiger partial charge in [-0.05, 0) is 31.2 Å². The summed E-state index contributed by atoms with van der Waals surface area (Å²) in [4.78, 5) is 4.06. The van der Waals surface area contributed by atoms with Crippen molar-refractivity contribution in [3.8, 4) is 6.07 Å². The van der Waals surface area contributed by atoms with Gasteiger partial charge < -0.3 is 5.11 Å². The Morgan fingerprint density at radius 1 is 1.15 bits per heavy atom. The summed E-state index contributed by atoms with van der Waals surface area (Å²) < 4.78 is 0. The molecule has 2 N–H and O–H groups in total. The van der Waals surface area contributed by atoms with Crippen LogP contribution < -0.4 is 0 Å². The summed E-state index contributed by atoms with van der Waals surface area (Å²) in [5.74, 6) is 0.497. The summed E-state index contributed by atoms with van der Waals surface area (Å²) in [5.41, 5.74) is -0.471. The molecule has 1 aromatic carbocycles. The number of hydrogen-bond acceptors (Lipinski definition) is 4. The highest BCUT2D eigenvalue weighted by Crippen LogP contribution is 2.45. The van der Waals surface area contributed by atoms with Gasteiger partial charge in [-0.3, -0.25) is 5.10 Å². The van der Waals surface area contributed by atoms with Gasteiger partial charge in [0.1, 0.15) is 11.9 Å². The van der Waals surface area contributed by atoms with E-state index in [-0.39, 0.29) is 0 Å². The molecule has 5 heteroatoms. The molecule has 0 spiro atoms. The van der Waals surface area contributed by atoms with Crippen LogP contribution in [-0.4, -0.2) is 20.3 Å². The Balaban J connectivity index is 1.86. The number of benzene rings is 1. The maximum atomic E-state index is 10.7. The lowest BCUT2D eigenvalue weighted by Gasteiger charge is -2.39. The molecule has 0 amide bonds. The number of nitrogens with one attached hydrogen (secondary N) is 1. The Morgan fingerprint density at radius 2 is 1.85 bits per heavy atom. The van der Waals surface area contributed by atoms with Crippen LogP contribution in [0.2, 0.25) is 0 Å². The first-order chi connectivity index (χ1) is 9.69. The SMILES string of the molecule is N#C[C@]1(c2ccccc2)CC[C@@](O)(c2ncn[nH]2)CC1. The molecule has 2 aromatic rings. The Kier molecular flexibility index (Phi) is 3.03. The number of nitriles is 1. The lowest BCUT2D eigenvalue weighted by molar-refractivity contribution is -0.0212. The van der Waals surface area contributed by atoms with Crippen molar-refractivity contribution >= 4 is 0 Å². The minimum atomic E-state index is -0.994. The quantitative estimate of drug-likeness (QED) is 0.872. The number of aromatic nitrogens is 3. The lowest BCUT2D eigenvalue weighted by atomic mass is 9.66. The fourth-order valence-electron chi connectivity index (χ4n) is 2.98. The van der Waals surface area contributed by atoms with Gasteiger partial charge in [0.2, 0.25) is 0 Å². The summed E-state index contributed by atoms with van der Waals surface area (Å²) in [7, 11) is 0. The molecular weight excluding hydrogens is 252 g/mol. The summed E-state index contributed by atoms with van der Waals surface area (Å²) in [6, 6.07) is 12.3.